The van der Waals surface area contributed by atoms with Crippen molar-refractivity contribution in [1.29, 1.82) is 0 Å². The molecule has 0 N–H and O–H groups in total. The molecule has 1 atom stereocenters. The Labute approximate surface area is 112 Å². The Bertz CT molecular complexity index is 560. The zero-order chi connectivity index (χ0) is 13.8. The zero-order valence-corrected chi connectivity index (χ0v) is 11.7. The lowest BCUT2D eigenvalue weighted by Crippen LogP contribution is -2.07. The predicted molar refractivity (Wildman–Crippen MR) is 66.3 cm³/mol. The molecule has 0 aliphatic carbocycles. The number of halogens is 4. The van der Waals surface area contributed by atoms with E-state index < -0.39 is 28.1 Å². The van der Waals surface area contributed by atoms with E-state index in [1.165, 1.54) is 6.20 Å². The van der Waals surface area contributed by atoms with Crippen LogP contribution in [0.1, 0.15) is 13.3 Å². The van der Waals surface area contributed by atoms with Crippen molar-refractivity contribution in [3.63, 3.8) is 0 Å². The van der Waals surface area contributed by atoms with Crippen LogP contribution in [0.3, 0.4) is 0 Å². The molecule has 0 fully saturated rings. The fraction of sp³-hybridized carbons (Fsp3) is 0.444. The topological polar surface area (TPSA) is 42.3 Å². The smallest absolute Gasteiger partial charge is 0.242 e. The first-order chi connectivity index (χ1) is 8.39. The SMILES string of the molecule is CCN=S(=O)(CCC(F)=C(F)F)c1ncc(Cl)s1. The van der Waals surface area contributed by atoms with E-state index in [0.717, 1.165) is 11.3 Å². The molecule has 0 saturated carbocycles. The molecule has 0 bridgehead atoms. The molecule has 1 rings (SSSR count). The van der Waals surface area contributed by atoms with Crippen LogP contribution in [0.15, 0.2) is 26.8 Å². The predicted octanol–water partition coefficient (Wildman–Crippen LogP) is 4.11. The van der Waals surface area contributed by atoms with E-state index in [1.807, 2.05) is 0 Å². The second-order valence-corrected chi connectivity index (χ2v) is 7.39. The normalized spacial score (nSPS) is 14.1. The van der Waals surface area contributed by atoms with Gasteiger partial charge in [0.05, 0.1) is 6.20 Å². The molecule has 1 aromatic heterocycles. The third kappa shape index (κ3) is 3.96. The summed E-state index contributed by atoms with van der Waals surface area (Å²) in [5.74, 6) is -1.91. The van der Waals surface area contributed by atoms with Gasteiger partial charge in [0.15, 0.2) is 10.2 Å². The van der Waals surface area contributed by atoms with E-state index in [1.54, 1.807) is 6.92 Å². The van der Waals surface area contributed by atoms with Crippen molar-refractivity contribution >= 4 is 32.7 Å². The molecule has 102 valence electrons. The lowest BCUT2D eigenvalue weighted by molar-refractivity contribution is 0.373. The van der Waals surface area contributed by atoms with Gasteiger partial charge in [0, 0.05) is 18.7 Å². The van der Waals surface area contributed by atoms with Crippen molar-refractivity contribution in [3.05, 3.63) is 22.4 Å². The lowest BCUT2D eigenvalue weighted by atomic mass is 10.4. The summed E-state index contributed by atoms with van der Waals surface area (Å²) in [6.45, 7) is 1.87. The van der Waals surface area contributed by atoms with Crippen LogP contribution in [-0.2, 0) is 9.73 Å². The monoisotopic (exact) mass is 318 g/mol. The van der Waals surface area contributed by atoms with Crippen LogP contribution in [0.4, 0.5) is 13.2 Å². The van der Waals surface area contributed by atoms with E-state index in [-0.39, 0.29) is 16.6 Å². The number of nitrogens with zero attached hydrogens (tertiary/aromatic N) is 2. The van der Waals surface area contributed by atoms with Crippen LogP contribution in [0.25, 0.3) is 0 Å². The van der Waals surface area contributed by atoms with Gasteiger partial charge in [-0.25, -0.2) is 17.9 Å². The summed E-state index contributed by atoms with van der Waals surface area (Å²) >= 11 is 6.62. The van der Waals surface area contributed by atoms with Crippen molar-refractivity contribution in [2.24, 2.45) is 4.36 Å². The number of aromatic nitrogens is 1. The van der Waals surface area contributed by atoms with Gasteiger partial charge < -0.3 is 0 Å². The quantitative estimate of drug-likeness (QED) is 0.820. The van der Waals surface area contributed by atoms with Gasteiger partial charge in [0.1, 0.15) is 14.1 Å². The lowest BCUT2D eigenvalue weighted by Gasteiger charge is -2.05. The summed E-state index contributed by atoms with van der Waals surface area (Å²) in [4.78, 5) is 3.82. The Kier molecular flexibility index (Phi) is 5.61. The molecule has 9 heteroatoms. The van der Waals surface area contributed by atoms with Crippen LogP contribution in [0.5, 0.6) is 0 Å². The van der Waals surface area contributed by atoms with E-state index in [0.29, 0.717) is 4.34 Å². The molecular formula is C9H10ClF3N2OS2. The summed E-state index contributed by atoms with van der Waals surface area (Å²) in [5.41, 5.74) is 0. The third-order valence-corrected chi connectivity index (χ3v) is 5.89. The highest BCUT2D eigenvalue weighted by molar-refractivity contribution is 7.95. The highest BCUT2D eigenvalue weighted by atomic mass is 35.5. The van der Waals surface area contributed by atoms with Gasteiger partial charge in [-0.2, -0.15) is 8.78 Å². The summed E-state index contributed by atoms with van der Waals surface area (Å²) in [5, 5.41) is 0. The van der Waals surface area contributed by atoms with Crippen LogP contribution in [0.2, 0.25) is 4.34 Å². The molecule has 0 radical (unpaired) electrons. The first-order valence-electron chi connectivity index (χ1n) is 4.90. The van der Waals surface area contributed by atoms with Gasteiger partial charge in [-0.05, 0) is 6.92 Å². The van der Waals surface area contributed by atoms with Crippen molar-refractivity contribution in [1.82, 2.24) is 4.98 Å². The van der Waals surface area contributed by atoms with Gasteiger partial charge >= 0.3 is 6.08 Å². The average molecular weight is 319 g/mol. The summed E-state index contributed by atoms with van der Waals surface area (Å²) in [6.07, 6.45) is -1.73. The van der Waals surface area contributed by atoms with Crippen LogP contribution in [0, 0.1) is 0 Å². The van der Waals surface area contributed by atoms with Gasteiger partial charge in [-0.15, -0.1) is 0 Å². The minimum absolute atomic E-state index is 0.140. The minimum atomic E-state index is -2.99. The zero-order valence-electron chi connectivity index (χ0n) is 9.33. The molecular weight excluding hydrogens is 309 g/mol. The van der Waals surface area contributed by atoms with Gasteiger partial charge in [-0.3, -0.25) is 0 Å². The molecule has 1 heterocycles. The van der Waals surface area contributed by atoms with Crippen molar-refractivity contribution < 1.29 is 17.4 Å². The standard InChI is InChI=1S/C9H10ClF3N2OS2/c1-2-15-18(16,4-3-6(11)8(12)13)9-14-5-7(10)17-9/h5H,2-4H2,1H3. The van der Waals surface area contributed by atoms with E-state index in [9.17, 15) is 17.4 Å². The first kappa shape index (κ1) is 15.5. The number of thiazole rings is 1. The molecule has 0 spiro atoms. The van der Waals surface area contributed by atoms with Crippen molar-refractivity contribution in [2.45, 2.75) is 17.7 Å². The fourth-order valence-corrected chi connectivity index (χ4v) is 4.61. The molecule has 0 saturated heterocycles. The molecule has 0 aromatic carbocycles. The van der Waals surface area contributed by atoms with Gasteiger partial charge in [0.2, 0.25) is 0 Å². The highest BCUT2D eigenvalue weighted by Crippen LogP contribution is 2.26. The maximum Gasteiger partial charge on any atom is 0.301 e. The fourth-order valence-electron chi connectivity index (χ4n) is 1.13. The Hall–Kier alpha value is -0.600. The van der Waals surface area contributed by atoms with Gasteiger partial charge in [0.25, 0.3) is 0 Å². The minimum Gasteiger partial charge on any atom is -0.242 e. The Balaban J connectivity index is 3.01. The van der Waals surface area contributed by atoms with Crippen LogP contribution < -0.4 is 0 Å². The number of rotatable bonds is 5. The number of allylic oxidation sites excluding steroid dienone is 1. The molecule has 0 amide bonds. The number of hydrogen-bond donors (Lipinski definition) is 0. The van der Waals surface area contributed by atoms with Gasteiger partial charge in [-0.1, -0.05) is 22.9 Å². The molecule has 1 aromatic rings. The summed E-state index contributed by atoms with van der Waals surface area (Å²) in [7, 11) is -2.99. The second-order valence-electron chi connectivity index (χ2n) is 3.14. The van der Waals surface area contributed by atoms with E-state index >= 15 is 0 Å². The summed E-state index contributed by atoms with van der Waals surface area (Å²) in [6, 6.07) is 0. The molecule has 1 unspecified atom stereocenters. The van der Waals surface area contributed by atoms with E-state index in [2.05, 4.69) is 9.35 Å². The molecule has 0 aliphatic heterocycles. The third-order valence-electron chi connectivity index (χ3n) is 1.87. The van der Waals surface area contributed by atoms with Crippen molar-refractivity contribution in [2.75, 3.05) is 12.3 Å². The molecule has 0 aliphatic rings. The highest BCUT2D eigenvalue weighted by Gasteiger charge is 2.19. The molecule has 18 heavy (non-hydrogen) atoms. The Morgan fingerprint density at radius 3 is 2.67 bits per heavy atom. The second kappa shape index (κ2) is 6.53. The largest absolute Gasteiger partial charge is 0.301 e. The maximum atomic E-state index is 12.7. The Morgan fingerprint density at radius 1 is 1.56 bits per heavy atom. The van der Waals surface area contributed by atoms with E-state index in [4.69, 9.17) is 11.6 Å². The first-order valence-corrected chi connectivity index (χ1v) is 7.78. The number of hydrogen-bond acceptors (Lipinski definition) is 4. The van der Waals surface area contributed by atoms with Crippen molar-refractivity contribution in [3.8, 4) is 0 Å². The Morgan fingerprint density at radius 2 is 2.22 bits per heavy atom. The molecule has 3 nitrogen and oxygen atoms in total. The maximum absolute atomic E-state index is 12.7. The summed E-state index contributed by atoms with van der Waals surface area (Å²) < 4.78 is 53.3. The average Bonchev–Trinajstić information content (AvgIpc) is 2.73. The van der Waals surface area contributed by atoms with Crippen LogP contribution >= 0.6 is 22.9 Å². The van der Waals surface area contributed by atoms with Crippen LogP contribution in [-0.4, -0.2) is 21.5 Å².